The summed E-state index contributed by atoms with van der Waals surface area (Å²) in [6.45, 7) is 6.67. The molecule has 0 aliphatic carbocycles. The smallest absolute Gasteiger partial charge is 0.550 e. The maximum atomic E-state index is 10.1. The molecule has 0 aliphatic rings. The van der Waals surface area contributed by atoms with E-state index in [0.29, 0.717) is 0 Å². The van der Waals surface area contributed by atoms with E-state index >= 15 is 0 Å². The van der Waals surface area contributed by atoms with Crippen LogP contribution in [0, 0.1) is 0 Å². The molecule has 0 atom stereocenters. The Kier molecular flexibility index (Phi) is 52.3. The van der Waals surface area contributed by atoms with E-state index in [1.807, 2.05) is 0 Å². The molecule has 0 N–H and O–H groups in total. The third-order valence-corrected chi connectivity index (χ3v) is 7.45. The average Bonchev–Trinajstić information content (AvgIpc) is 2.95. The number of hydrogen-bond acceptors (Lipinski definition) is 6. The predicted molar refractivity (Wildman–Crippen MR) is 176 cm³/mol. The Labute approximate surface area is 286 Å². The van der Waals surface area contributed by atoms with Crippen molar-refractivity contribution in [2.75, 3.05) is 0 Å². The Hall–Kier alpha value is -0.707. The number of rotatable bonds is 30. The van der Waals surface area contributed by atoms with E-state index < -0.39 is 17.9 Å². The first kappa shape index (κ1) is 49.2. The first-order chi connectivity index (χ1) is 20.3. The van der Waals surface area contributed by atoms with Crippen LogP contribution in [-0.4, -0.2) is 44.1 Å². The van der Waals surface area contributed by atoms with Gasteiger partial charge in [0, 0.05) is 17.9 Å². The van der Waals surface area contributed by atoms with Crippen LogP contribution in [0.25, 0.3) is 0 Å². The van der Waals surface area contributed by atoms with Crippen molar-refractivity contribution < 1.29 is 29.7 Å². The number of carboxylic acids is 3. The van der Waals surface area contributed by atoms with Gasteiger partial charge in [-0.05, 0) is 38.5 Å². The molecule has 0 bridgehead atoms. The maximum Gasteiger partial charge on any atom is 3.00 e. The summed E-state index contributed by atoms with van der Waals surface area (Å²) in [5, 5.41) is 30.3. The van der Waals surface area contributed by atoms with Crippen LogP contribution in [0.5, 0.6) is 0 Å². The molecule has 0 unspecified atom stereocenters. The van der Waals surface area contributed by atoms with Gasteiger partial charge in [0.05, 0.1) is 0 Å². The number of unbranched alkanes of at least 4 members (excludes halogenated alkanes) is 24. The molecule has 0 heterocycles. The predicted octanol–water partition coefficient (Wildman–Crippen LogP) is 7.59. The quantitative estimate of drug-likeness (QED) is 0.0545. The maximum absolute atomic E-state index is 10.1. The summed E-state index contributed by atoms with van der Waals surface area (Å²) in [4.78, 5) is 30.3. The second-order valence-electron chi connectivity index (χ2n) is 11.9. The molecule has 0 saturated carbocycles. The summed E-state index contributed by atoms with van der Waals surface area (Å²) in [5.74, 6) is -2.73. The minimum absolute atomic E-state index is 0. The largest absolute Gasteiger partial charge is 3.00 e. The summed E-state index contributed by atoms with van der Waals surface area (Å²) >= 11 is 0. The molecule has 2 radical (unpaired) electrons. The third-order valence-electron chi connectivity index (χ3n) is 7.45. The van der Waals surface area contributed by atoms with Gasteiger partial charge >= 0.3 is 26.2 Å². The SMILES string of the molecule is CCCCCCCCCCCC(=O)[O-].CCCCCCCCCCCC(=O)[O-].CCCCCCCCCCCC(=O)[O-].[Bi+3]. The Morgan fingerprint density at radius 1 is 0.302 bits per heavy atom. The van der Waals surface area contributed by atoms with Crippen molar-refractivity contribution in [2.24, 2.45) is 0 Å². The molecule has 0 amide bonds. The zero-order valence-corrected chi connectivity index (χ0v) is 32.1. The summed E-state index contributed by atoms with van der Waals surface area (Å²) in [5.41, 5.74) is 0. The molecular weight excluding hydrogens is 737 g/mol. The fraction of sp³-hybridized carbons (Fsp3) is 0.917. The van der Waals surface area contributed by atoms with Crippen LogP contribution >= 0.6 is 0 Å². The molecule has 43 heavy (non-hydrogen) atoms. The van der Waals surface area contributed by atoms with Crippen molar-refractivity contribution in [3.05, 3.63) is 0 Å². The summed E-state index contributed by atoms with van der Waals surface area (Å²) in [6.07, 6.45) is 33.5. The molecule has 6 nitrogen and oxygen atoms in total. The van der Waals surface area contributed by atoms with E-state index in [9.17, 15) is 29.7 Å². The van der Waals surface area contributed by atoms with Gasteiger partial charge in [0.1, 0.15) is 0 Å². The van der Waals surface area contributed by atoms with Gasteiger partial charge in [-0.3, -0.25) is 0 Å². The summed E-state index contributed by atoms with van der Waals surface area (Å²) in [6, 6.07) is 0. The summed E-state index contributed by atoms with van der Waals surface area (Å²) < 4.78 is 0. The summed E-state index contributed by atoms with van der Waals surface area (Å²) in [7, 11) is 0. The van der Waals surface area contributed by atoms with Crippen molar-refractivity contribution in [3.63, 3.8) is 0 Å². The Bertz CT molecular complexity index is 480. The van der Waals surface area contributed by atoms with E-state index in [4.69, 9.17) is 0 Å². The second kappa shape index (κ2) is 45.7. The van der Waals surface area contributed by atoms with Crippen LogP contribution < -0.4 is 15.3 Å². The zero-order chi connectivity index (χ0) is 31.9. The van der Waals surface area contributed by atoms with E-state index in [1.54, 1.807) is 0 Å². The topological polar surface area (TPSA) is 120 Å². The molecule has 0 aliphatic heterocycles. The van der Waals surface area contributed by atoms with E-state index in [-0.39, 0.29) is 45.5 Å². The number of carbonyl (C=O) groups is 3. The van der Waals surface area contributed by atoms with Crippen molar-refractivity contribution in [3.8, 4) is 0 Å². The van der Waals surface area contributed by atoms with Crippen molar-refractivity contribution in [1.29, 1.82) is 0 Å². The van der Waals surface area contributed by atoms with Crippen molar-refractivity contribution in [2.45, 2.75) is 213 Å². The molecule has 0 saturated heterocycles. The van der Waals surface area contributed by atoms with Crippen molar-refractivity contribution >= 4 is 44.1 Å². The average molecular weight is 807 g/mol. The fourth-order valence-electron chi connectivity index (χ4n) is 4.74. The van der Waals surface area contributed by atoms with Gasteiger partial charge in [0.15, 0.2) is 0 Å². The molecule has 0 fully saturated rings. The molecule has 0 spiro atoms. The van der Waals surface area contributed by atoms with Gasteiger partial charge < -0.3 is 29.7 Å². The Morgan fingerprint density at radius 3 is 0.581 bits per heavy atom. The standard InChI is InChI=1S/3C12H24O2.Bi/c3*1-2-3-4-5-6-7-8-9-10-11-12(13)14;/h3*2-11H2,1H3,(H,13,14);/q;;;+3/p-3. The monoisotopic (exact) mass is 806 g/mol. The van der Waals surface area contributed by atoms with Crippen LogP contribution in [-0.2, 0) is 14.4 Å². The van der Waals surface area contributed by atoms with Crippen LogP contribution in [0.15, 0.2) is 0 Å². The van der Waals surface area contributed by atoms with Crippen molar-refractivity contribution in [1.82, 2.24) is 0 Å². The van der Waals surface area contributed by atoms with E-state index in [2.05, 4.69) is 20.8 Å². The van der Waals surface area contributed by atoms with Crippen LogP contribution in [0.3, 0.4) is 0 Å². The van der Waals surface area contributed by atoms with Crippen LogP contribution in [0.2, 0.25) is 0 Å². The number of hydrogen-bond donors (Lipinski definition) is 0. The Morgan fingerprint density at radius 2 is 0.442 bits per heavy atom. The van der Waals surface area contributed by atoms with Crippen LogP contribution in [0.1, 0.15) is 213 Å². The first-order valence-electron chi connectivity index (χ1n) is 17.9. The zero-order valence-electron chi connectivity index (χ0n) is 28.6. The number of carbonyl (C=O) groups excluding carboxylic acids is 3. The van der Waals surface area contributed by atoms with Gasteiger partial charge in [0.25, 0.3) is 0 Å². The molecule has 0 aromatic rings. The third kappa shape index (κ3) is 61.1. The molecule has 254 valence electrons. The normalized spacial score (nSPS) is 10.1. The fourth-order valence-corrected chi connectivity index (χ4v) is 4.74. The minimum atomic E-state index is -0.909. The van der Waals surface area contributed by atoms with E-state index in [0.717, 1.165) is 38.5 Å². The molecule has 0 rings (SSSR count). The van der Waals surface area contributed by atoms with Crippen LogP contribution in [0.4, 0.5) is 0 Å². The van der Waals surface area contributed by atoms with E-state index in [1.165, 1.54) is 135 Å². The number of aliphatic carboxylic acids is 3. The van der Waals surface area contributed by atoms with Gasteiger partial charge in [0.2, 0.25) is 0 Å². The molecule has 0 aromatic carbocycles. The van der Waals surface area contributed by atoms with Gasteiger partial charge in [-0.1, -0.05) is 175 Å². The van der Waals surface area contributed by atoms with Gasteiger partial charge in [-0.25, -0.2) is 0 Å². The second-order valence-corrected chi connectivity index (χ2v) is 11.9. The minimum Gasteiger partial charge on any atom is -0.550 e. The molecule has 0 aromatic heterocycles. The Balaban J connectivity index is -0.000000262. The molecular formula is C36H69BiO6. The van der Waals surface area contributed by atoms with Gasteiger partial charge in [-0.2, -0.15) is 0 Å². The van der Waals surface area contributed by atoms with Gasteiger partial charge in [-0.15, -0.1) is 0 Å². The first-order valence-corrected chi connectivity index (χ1v) is 17.9. The molecule has 7 heteroatoms. The number of carboxylic acid groups (broad SMARTS) is 3.